The largest absolute Gasteiger partial charge is 0.271 e. The van der Waals surface area contributed by atoms with Gasteiger partial charge in [-0.2, -0.15) is 0 Å². The highest BCUT2D eigenvalue weighted by Gasteiger charge is 2.12. The van der Waals surface area contributed by atoms with Crippen LogP contribution in [0.15, 0.2) is 36.5 Å². The van der Waals surface area contributed by atoms with Crippen molar-refractivity contribution in [2.24, 2.45) is 5.84 Å². The van der Waals surface area contributed by atoms with Crippen LogP contribution in [0.2, 0.25) is 5.15 Å². The molecule has 0 spiro atoms. The number of benzene rings is 1. The van der Waals surface area contributed by atoms with Crippen LogP contribution in [-0.2, 0) is 6.42 Å². The van der Waals surface area contributed by atoms with E-state index in [1.54, 1.807) is 6.20 Å². The molecule has 1 unspecified atom stereocenters. The molecule has 1 atom stereocenters. The van der Waals surface area contributed by atoms with E-state index in [0.717, 1.165) is 12.0 Å². The molecular formula is C15H18ClN3. The van der Waals surface area contributed by atoms with Crippen LogP contribution in [0.25, 0.3) is 0 Å². The van der Waals surface area contributed by atoms with Crippen LogP contribution in [0.5, 0.6) is 0 Å². The van der Waals surface area contributed by atoms with Gasteiger partial charge in [-0.25, -0.2) is 4.98 Å². The second kappa shape index (κ2) is 6.15. The number of nitrogens with one attached hydrogen (secondary N) is 1. The average molecular weight is 276 g/mol. The minimum atomic E-state index is 0.0287. The highest BCUT2D eigenvalue weighted by molar-refractivity contribution is 6.29. The third kappa shape index (κ3) is 3.53. The predicted molar refractivity (Wildman–Crippen MR) is 78.9 cm³/mol. The van der Waals surface area contributed by atoms with Gasteiger partial charge in [0.1, 0.15) is 5.15 Å². The molecule has 2 aromatic rings. The van der Waals surface area contributed by atoms with Crippen molar-refractivity contribution in [1.82, 2.24) is 10.4 Å². The summed E-state index contributed by atoms with van der Waals surface area (Å²) >= 11 is 5.93. The lowest BCUT2D eigenvalue weighted by Gasteiger charge is -2.18. The fourth-order valence-electron chi connectivity index (χ4n) is 2.15. The van der Waals surface area contributed by atoms with Crippen molar-refractivity contribution in [2.45, 2.75) is 26.3 Å². The number of hydrogen-bond acceptors (Lipinski definition) is 3. The fraction of sp³-hybridized carbons (Fsp3) is 0.267. The van der Waals surface area contributed by atoms with E-state index in [0.29, 0.717) is 5.15 Å². The zero-order valence-corrected chi connectivity index (χ0v) is 11.9. The van der Waals surface area contributed by atoms with E-state index in [4.69, 9.17) is 17.4 Å². The zero-order valence-electron chi connectivity index (χ0n) is 11.2. The summed E-state index contributed by atoms with van der Waals surface area (Å²) < 4.78 is 0. The van der Waals surface area contributed by atoms with Crippen LogP contribution in [-0.4, -0.2) is 4.98 Å². The Morgan fingerprint density at radius 3 is 2.74 bits per heavy atom. The van der Waals surface area contributed by atoms with E-state index in [9.17, 15) is 0 Å². The third-order valence-electron chi connectivity index (χ3n) is 3.28. The molecule has 2 rings (SSSR count). The molecule has 1 aromatic carbocycles. The van der Waals surface area contributed by atoms with Gasteiger partial charge in [0.2, 0.25) is 0 Å². The molecule has 0 aliphatic rings. The first-order valence-electron chi connectivity index (χ1n) is 6.24. The van der Waals surface area contributed by atoms with Gasteiger partial charge in [0.05, 0.1) is 6.04 Å². The van der Waals surface area contributed by atoms with E-state index >= 15 is 0 Å². The van der Waals surface area contributed by atoms with Gasteiger partial charge in [-0.3, -0.25) is 11.3 Å². The highest BCUT2D eigenvalue weighted by atomic mass is 35.5. The summed E-state index contributed by atoms with van der Waals surface area (Å²) in [5.41, 5.74) is 7.71. The lowest BCUT2D eigenvalue weighted by atomic mass is 9.96. The molecule has 3 nitrogen and oxygen atoms in total. The van der Waals surface area contributed by atoms with Crippen LogP contribution < -0.4 is 11.3 Å². The van der Waals surface area contributed by atoms with Crippen LogP contribution in [0.1, 0.15) is 28.3 Å². The van der Waals surface area contributed by atoms with Gasteiger partial charge in [0, 0.05) is 6.20 Å². The topological polar surface area (TPSA) is 50.9 Å². The SMILES string of the molecule is Cc1ccc(C)c(CC(NN)c2ccnc(Cl)c2)c1. The lowest BCUT2D eigenvalue weighted by molar-refractivity contribution is 0.550. The fourth-order valence-corrected chi connectivity index (χ4v) is 2.33. The Hall–Kier alpha value is -1.42. The molecule has 0 radical (unpaired) electrons. The van der Waals surface area contributed by atoms with Crippen molar-refractivity contribution < 1.29 is 0 Å². The van der Waals surface area contributed by atoms with Crippen molar-refractivity contribution in [3.05, 3.63) is 63.9 Å². The first-order valence-corrected chi connectivity index (χ1v) is 6.61. The Morgan fingerprint density at radius 2 is 2.05 bits per heavy atom. The first-order chi connectivity index (χ1) is 9.10. The van der Waals surface area contributed by atoms with Crippen molar-refractivity contribution in [2.75, 3.05) is 0 Å². The van der Waals surface area contributed by atoms with Gasteiger partial charge in [0.15, 0.2) is 0 Å². The number of nitrogens with two attached hydrogens (primary N) is 1. The summed E-state index contributed by atoms with van der Waals surface area (Å²) in [6.45, 7) is 4.21. The molecule has 0 aliphatic carbocycles. The van der Waals surface area contributed by atoms with Crippen molar-refractivity contribution in [1.29, 1.82) is 0 Å². The molecule has 3 N–H and O–H groups in total. The molecule has 0 aliphatic heterocycles. The van der Waals surface area contributed by atoms with Crippen molar-refractivity contribution in [3.8, 4) is 0 Å². The first kappa shape index (κ1) is 14.0. The lowest BCUT2D eigenvalue weighted by Crippen LogP contribution is -2.29. The normalized spacial score (nSPS) is 12.4. The van der Waals surface area contributed by atoms with Crippen molar-refractivity contribution in [3.63, 3.8) is 0 Å². The van der Waals surface area contributed by atoms with E-state index < -0.39 is 0 Å². The van der Waals surface area contributed by atoms with Crippen molar-refractivity contribution >= 4 is 11.6 Å². The molecule has 4 heteroatoms. The summed E-state index contributed by atoms with van der Waals surface area (Å²) in [6.07, 6.45) is 2.52. The van der Waals surface area contributed by atoms with E-state index in [2.05, 4.69) is 42.5 Å². The van der Waals surface area contributed by atoms with E-state index in [-0.39, 0.29) is 6.04 Å². The number of pyridine rings is 1. The Labute approximate surface area is 118 Å². The minimum absolute atomic E-state index is 0.0287. The Kier molecular flexibility index (Phi) is 4.53. The second-order valence-electron chi connectivity index (χ2n) is 4.77. The standard InChI is InChI=1S/C15H18ClN3/c1-10-3-4-11(2)13(7-10)8-14(19-17)12-5-6-18-15(16)9-12/h3-7,9,14,19H,8,17H2,1-2H3. The summed E-state index contributed by atoms with van der Waals surface area (Å²) in [4.78, 5) is 3.99. The van der Waals surface area contributed by atoms with Crippen LogP contribution in [0, 0.1) is 13.8 Å². The Morgan fingerprint density at radius 1 is 1.26 bits per heavy atom. The third-order valence-corrected chi connectivity index (χ3v) is 3.49. The number of hydrogen-bond donors (Lipinski definition) is 2. The monoisotopic (exact) mass is 275 g/mol. The van der Waals surface area contributed by atoms with Gasteiger partial charge in [-0.15, -0.1) is 0 Å². The minimum Gasteiger partial charge on any atom is -0.271 e. The van der Waals surface area contributed by atoms with Gasteiger partial charge in [-0.05, 0) is 49.1 Å². The predicted octanol–water partition coefficient (Wildman–Crippen LogP) is 3.10. The smallest absolute Gasteiger partial charge is 0.129 e. The molecule has 0 fully saturated rings. The van der Waals surface area contributed by atoms with Crippen LogP contribution in [0.4, 0.5) is 0 Å². The number of nitrogens with zero attached hydrogens (tertiary/aromatic N) is 1. The number of rotatable bonds is 4. The Balaban J connectivity index is 2.26. The number of hydrazine groups is 1. The van der Waals surface area contributed by atoms with E-state index in [1.165, 1.54) is 16.7 Å². The molecule has 0 saturated heterocycles. The summed E-state index contributed by atoms with van der Waals surface area (Å²) in [5, 5.41) is 0.485. The Bertz CT molecular complexity index is 569. The average Bonchev–Trinajstić information content (AvgIpc) is 2.39. The quantitative estimate of drug-likeness (QED) is 0.512. The van der Waals surface area contributed by atoms with Gasteiger partial charge < -0.3 is 0 Å². The number of aromatic nitrogens is 1. The molecule has 19 heavy (non-hydrogen) atoms. The molecule has 1 aromatic heterocycles. The van der Waals surface area contributed by atoms with Gasteiger partial charge >= 0.3 is 0 Å². The number of halogens is 1. The highest BCUT2D eigenvalue weighted by Crippen LogP contribution is 2.22. The summed E-state index contributed by atoms with van der Waals surface area (Å²) in [6, 6.07) is 10.3. The zero-order chi connectivity index (χ0) is 13.8. The van der Waals surface area contributed by atoms with Gasteiger partial charge in [0.25, 0.3) is 0 Å². The summed E-state index contributed by atoms with van der Waals surface area (Å²) in [5.74, 6) is 5.68. The van der Waals surface area contributed by atoms with E-state index in [1.807, 2.05) is 12.1 Å². The molecular weight excluding hydrogens is 258 g/mol. The number of aryl methyl sites for hydroxylation is 2. The molecule has 1 heterocycles. The second-order valence-corrected chi connectivity index (χ2v) is 5.15. The maximum atomic E-state index is 5.93. The molecule has 0 amide bonds. The molecule has 0 saturated carbocycles. The van der Waals surface area contributed by atoms with Crippen LogP contribution in [0.3, 0.4) is 0 Å². The maximum absolute atomic E-state index is 5.93. The molecule has 0 bridgehead atoms. The maximum Gasteiger partial charge on any atom is 0.129 e. The molecule has 100 valence electrons. The van der Waals surface area contributed by atoms with Gasteiger partial charge in [-0.1, -0.05) is 35.4 Å². The summed E-state index contributed by atoms with van der Waals surface area (Å²) in [7, 11) is 0. The van der Waals surface area contributed by atoms with Crippen LogP contribution >= 0.6 is 11.6 Å².